The minimum Gasteiger partial charge on any atom is -0.280 e. The molecular weight excluding hydrogens is 382 g/mol. The summed E-state index contributed by atoms with van der Waals surface area (Å²) >= 11 is 0. The Morgan fingerprint density at radius 3 is 2.07 bits per heavy atom. The monoisotopic (exact) mass is 399 g/mol. The number of nitrogens with one attached hydrogen (secondary N) is 1. The molecule has 1 aliphatic rings. The highest BCUT2D eigenvalue weighted by Crippen LogP contribution is 2.37. The first-order valence-corrected chi connectivity index (χ1v) is 11.7. The quantitative estimate of drug-likeness (QED) is 0.570. The lowest BCUT2D eigenvalue weighted by atomic mass is 10.1. The van der Waals surface area contributed by atoms with Gasteiger partial charge in [0.25, 0.3) is 10.0 Å². The lowest BCUT2D eigenvalue weighted by Gasteiger charge is -2.10. The molecule has 0 spiro atoms. The van der Waals surface area contributed by atoms with Gasteiger partial charge in [-0.3, -0.25) is 4.72 Å². The maximum Gasteiger partial charge on any atom is 0.261 e. The van der Waals surface area contributed by atoms with E-state index >= 15 is 0 Å². The molecule has 0 amide bonds. The van der Waals surface area contributed by atoms with Crippen LogP contribution in [0, 0.1) is 0 Å². The van der Waals surface area contributed by atoms with Gasteiger partial charge in [-0.2, -0.15) is 0 Å². The van der Waals surface area contributed by atoms with Crippen LogP contribution in [0.4, 0.5) is 5.69 Å². The van der Waals surface area contributed by atoms with Gasteiger partial charge in [0.15, 0.2) is 9.84 Å². The maximum atomic E-state index is 12.6. The molecule has 0 aromatic heterocycles. The van der Waals surface area contributed by atoms with Gasteiger partial charge in [-0.1, -0.05) is 30.3 Å². The average Bonchev–Trinajstić information content (AvgIpc) is 2.98. The molecule has 138 valence electrons. The first-order valence-electron chi connectivity index (χ1n) is 8.28. The molecule has 7 heteroatoms. The van der Waals surface area contributed by atoms with Gasteiger partial charge in [0.1, 0.15) is 0 Å². The minimum atomic E-state index is -3.81. The maximum absolute atomic E-state index is 12.6. The molecule has 0 radical (unpaired) electrons. The zero-order valence-corrected chi connectivity index (χ0v) is 16.1. The molecule has 0 heterocycles. The molecule has 5 nitrogen and oxygen atoms in total. The number of hydrogen-bond acceptors (Lipinski definition) is 4. The summed E-state index contributed by atoms with van der Waals surface area (Å²) in [6.07, 6.45) is 1.85. The van der Waals surface area contributed by atoms with E-state index in [-0.39, 0.29) is 9.79 Å². The fourth-order valence-electron chi connectivity index (χ4n) is 3.29. The molecule has 1 aliphatic carbocycles. The summed E-state index contributed by atoms with van der Waals surface area (Å²) in [7, 11) is -7.18. The highest BCUT2D eigenvalue weighted by atomic mass is 32.2. The number of fused-ring (bicyclic) bond motifs is 3. The van der Waals surface area contributed by atoms with Crippen LogP contribution in [0.3, 0.4) is 0 Å². The van der Waals surface area contributed by atoms with E-state index in [1.165, 1.54) is 35.4 Å². The number of sulfone groups is 1. The Labute approximate surface area is 158 Å². The Morgan fingerprint density at radius 1 is 0.741 bits per heavy atom. The van der Waals surface area contributed by atoms with Crippen LogP contribution in [0.2, 0.25) is 0 Å². The van der Waals surface area contributed by atoms with E-state index in [2.05, 4.69) is 16.9 Å². The van der Waals surface area contributed by atoms with E-state index < -0.39 is 19.9 Å². The van der Waals surface area contributed by atoms with Crippen LogP contribution in [0.15, 0.2) is 76.5 Å². The standard InChI is InChI=1S/C20H17NO4S2/c1-26(22,23)17-7-9-18(10-8-17)27(24,25)21-16-6-11-20-15(13-16)12-14-4-2-3-5-19(14)20/h2-11,13,21H,12H2,1H3. The average molecular weight is 399 g/mol. The van der Waals surface area contributed by atoms with Crippen molar-refractivity contribution >= 4 is 25.5 Å². The summed E-state index contributed by atoms with van der Waals surface area (Å²) in [6.45, 7) is 0. The molecule has 3 aromatic rings. The second-order valence-electron chi connectivity index (χ2n) is 6.55. The first-order chi connectivity index (χ1) is 12.7. The van der Waals surface area contributed by atoms with Gasteiger partial charge in [0.05, 0.1) is 9.79 Å². The molecule has 1 N–H and O–H groups in total. The van der Waals surface area contributed by atoms with Crippen LogP contribution < -0.4 is 4.72 Å². The Kier molecular flexibility index (Phi) is 4.09. The minimum absolute atomic E-state index is 0.0127. The Balaban J connectivity index is 1.62. The first kappa shape index (κ1) is 17.8. The molecule has 0 saturated carbocycles. The normalized spacial score (nSPS) is 13.1. The van der Waals surface area contributed by atoms with Gasteiger partial charge < -0.3 is 0 Å². The summed E-state index contributed by atoms with van der Waals surface area (Å²) < 4.78 is 50.9. The predicted molar refractivity (Wildman–Crippen MR) is 105 cm³/mol. The van der Waals surface area contributed by atoms with Crippen molar-refractivity contribution in [1.82, 2.24) is 0 Å². The third-order valence-corrected chi connectivity index (χ3v) is 7.13. The van der Waals surface area contributed by atoms with E-state index in [0.717, 1.165) is 23.8 Å². The van der Waals surface area contributed by atoms with Crippen molar-refractivity contribution in [3.63, 3.8) is 0 Å². The summed E-state index contributed by atoms with van der Waals surface area (Å²) in [6, 6.07) is 18.8. The zero-order valence-electron chi connectivity index (χ0n) is 14.5. The summed E-state index contributed by atoms with van der Waals surface area (Å²) in [5.41, 5.74) is 5.07. The zero-order chi connectivity index (χ0) is 19.2. The number of sulfonamides is 1. The third-order valence-electron chi connectivity index (χ3n) is 4.61. The van der Waals surface area contributed by atoms with Crippen molar-refractivity contribution in [2.45, 2.75) is 16.2 Å². The molecule has 0 atom stereocenters. The topological polar surface area (TPSA) is 80.3 Å². The third kappa shape index (κ3) is 3.36. The molecule has 0 unspecified atom stereocenters. The highest BCUT2D eigenvalue weighted by molar-refractivity contribution is 7.92. The molecule has 0 bridgehead atoms. The summed E-state index contributed by atoms with van der Waals surface area (Å²) in [5.74, 6) is 0. The Hall–Kier alpha value is -2.64. The van der Waals surface area contributed by atoms with Gasteiger partial charge in [0.2, 0.25) is 0 Å². The lowest BCUT2D eigenvalue weighted by Crippen LogP contribution is -2.13. The van der Waals surface area contributed by atoms with Crippen molar-refractivity contribution in [1.29, 1.82) is 0 Å². The number of hydrogen-bond donors (Lipinski definition) is 1. The molecule has 3 aromatic carbocycles. The summed E-state index contributed by atoms with van der Waals surface area (Å²) in [5, 5.41) is 0. The smallest absolute Gasteiger partial charge is 0.261 e. The van der Waals surface area contributed by atoms with Crippen molar-refractivity contribution < 1.29 is 16.8 Å². The van der Waals surface area contributed by atoms with Crippen molar-refractivity contribution in [2.75, 3.05) is 11.0 Å². The summed E-state index contributed by atoms with van der Waals surface area (Å²) in [4.78, 5) is 0.0930. The predicted octanol–water partition coefficient (Wildman–Crippen LogP) is 3.46. The van der Waals surface area contributed by atoms with Crippen molar-refractivity contribution in [3.8, 4) is 11.1 Å². The molecule has 27 heavy (non-hydrogen) atoms. The van der Waals surface area contributed by atoms with E-state index in [0.29, 0.717) is 5.69 Å². The van der Waals surface area contributed by atoms with Crippen LogP contribution in [-0.4, -0.2) is 23.1 Å². The van der Waals surface area contributed by atoms with E-state index in [9.17, 15) is 16.8 Å². The van der Waals surface area contributed by atoms with E-state index in [1.807, 2.05) is 24.3 Å². The van der Waals surface area contributed by atoms with Crippen LogP contribution in [-0.2, 0) is 26.3 Å². The fraction of sp³-hybridized carbons (Fsp3) is 0.100. The fourth-order valence-corrected chi connectivity index (χ4v) is 4.97. The van der Waals surface area contributed by atoms with Gasteiger partial charge in [0, 0.05) is 11.9 Å². The van der Waals surface area contributed by atoms with Gasteiger partial charge >= 0.3 is 0 Å². The second kappa shape index (κ2) is 6.21. The largest absolute Gasteiger partial charge is 0.280 e. The van der Waals surface area contributed by atoms with E-state index in [4.69, 9.17) is 0 Å². The molecular formula is C20H17NO4S2. The number of rotatable bonds is 4. The molecule has 0 aliphatic heterocycles. The SMILES string of the molecule is CS(=O)(=O)c1ccc(S(=O)(=O)Nc2ccc3c(c2)Cc2ccccc2-3)cc1. The van der Waals surface area contributed by atoms with Gasteiger partial charge in [-0.05, 0) is 65.1 Å². The lowest BCUT2D eigenvalue weighted by molar-refractivity contribution is 0.597. The second-order valence-corrected chi connectivity index (χ2v) is 10.3. The van der Waals surface area contributed by atoms with E-state index in [1.54, 1.807) is 6.07 Å². The van der Waals surface area contributed by atoms with Crippen LogP contribution >= 0.6 is 0 Å². The van der Waals surface area contributed by atoms with Crippen LogP contribution in [0.1, 0.15) is 11.1 Å². The Morgan fingerprint density at radius 2 is 1.37 bits per heavy atom. The van der Waals surface area contributed by atoms with Crippen molar-refractivity contribution in [2.24, 2.45) is 0 Å². The van der Waals surface area contributed by atoms with Crippen LogP contribution in [0.25, 0.3) is 11.1 Å². The number of anilines is 1. The van der Waals surface area contributed by atoms with Gasteiger partial charge in [-0.15, -0.1) is 0 Å². The highest BCUT2D eigenvalue weighted by Gasteiger charge is 2.20. The Bertz CT molecular complexity index is 1250. The number of benzene rings is 3. The van der Waals surface area contributed by atoms with Crippen molar-refractivity contribution in [3.05, 3.63) is 77.9 Å². The molecule has 0 fully saturated rings. The molecule has 4 rings (SSSR count). The van der Waals surface area contributed by atoms with Gasteiger partial charge in [-0.25, -0.2) is 16.8 Å². The molecule has 0 saturated heterocycles. The van der Waals surface area contributed by atoms with Crippen LogP contribution in [0.5, 0.6) is 0 Å².